The van der Waals surface area contributed by atoms with Crippen molar-refractivity contribution < 1.29 is 14.3 Å². The zero-order valence-electron chi connectivity index (χ0n) is 28.1. The van der Waals surface area contributed by atoms with Crippen LogP contribution in [-0.2, 0) is 21.1 Å². The number of likely N-dealkylation sites (tertiary alicyclic amines) is 2. The van der Waals surface area contributed by atoms with Crippen molar-refractivity contribution >= 4 is 47.4 Å². The highest BCUT2D eigenvalue weighted by Crippen LogP contribution is 2.36. The predicted molar refractivity (Wildman–Crippen MR) is 183 cm³/mol. The third-order valence-electron chi connectivity index (χ3n) is 9.61. The van der Waals surface area contributed by atoms with Crippen LogP contribution in [0.1, 0.15) is 50.8 Å². The second-order valence-corrected chi connectivity index (χ2v) is 20.4. The fourth-order valence-electron chi connectivity index (χ4n) is 6.95. The molecule has 1 N–H and O–H groups in total. The molecule has 4 aromatic rings. The summed E-state index contributed by atoms with van der Waals surface area (Å²) in [6.07, 6.45) is 9.97. The number of rotatable bonds is 8. The largest absolute Gasteiger partial charge is 0.360 e. The molecule has 2 saturated heterocycles. The molecule has 0 saturated carbocycles. The van der Waals surface area contributed by atoms with Gasteiger partial charge in [-0.15, -0.1) is 0 Å². The Morgan fingerprint density at radius 1 is 1.04 bits per heavy atom. The van der Waals surface area contributed by atoms with Crippen LogP contribution in [0, 0.1) is 11.8 Å². The number of piperidine rings is 2. The van der Waals surface area contributed by atoms with Gasteiger partial charge >= 0.3 is 11.8 Å². The Labute approximate surface area is 272 Å². The summed E-state index contributed by atoms with van der Waals surface area (Å²) in [5.41, 5.74) is 3.07. The van der Waals surface area contributed by atoms with Crippen LogP contribution in [-0.4, -0.2) is 87.5 Å². The average Bonchev–Trinajstić information content (AvgIpc) is 3.62. The number of hydrogen-bond donors (Lipinski definition) is 1. The van der Waals surface area contributed by atoms with E-state index in [0.29, 0.717) is 42.2 Å². The highest BCUT2D eigenvalue weighted by molar-refractivity contribution is 6.76. The van der Waals surface area contributed by atoms with Gasteiger partial charge < -0.3 is 19.9 Å². The molecule has 246 valence electrons. The lowest BCUT2D eigenvalue weighted by molar-refractivity contribution is -0.146. The summed E-state index contributed by atoms with van der Waals surface area (Å²) >= 11 is 0. The van der Waals surface area contributed by atoms with Crippen molar-refractivity contribution in [2.45, 2.75) is 77.6 Å². The molecular weight excluding hydrogens is 597 g/mol. The first-order chi connectivity index (χ1) is 22.0. The van der Waals surface area contributed by atoms with Gasteiger partial charge in [-0.05, 0) is 62.4 Å². The van der Waals surface area contributed by atoms with E-state index in [9.17, 15) is 9.59 Å². The van der Waals surface area contributed by atoms with E-state index in [1.165, 1.54) is 0 Å². The van der Waals surface area contributed by atoms with Crippen LogP contribution in [0.15, 0.2) is 43.0 Å². The van der Waals surface area contributed by atoms with E-state index in [-0.39, 0.29) is 12.8 Å². The van der Waals surface area contributed by atoms with Gasteiger partial charge in [-0.25, -0.2) is 4.68 Å². The number of fused-ring (bicyclic) bond motifs is 2. The SMILES string of the molecule is C[C@H]1CC[C@H](c2ccc3cn([C@H]4CCN(C)C[C@H]4C)nc3c2)N(C(=O)C(=O)Nc2cncc3cnn(COCC[Si](C)(C)C)c23)C1. The first kappa shape index (κ1) is 32.3. The maximum atomic E-state index is 13.9. The first-order valence-electron chi connectivity index (χ1n) is 16.6. The Morgan fingerprint density at radius 3 is 2.65 bits per heavy atom. The normalized spacial score (nSPS) is 22.9. The molecule has 3 aromatic heterocycles. The van der Waals surface area contributed by atoms with Gasteiger partial charge in [-0.2, -0.15) is 10.2 Å². The number of hydrogen-bond acceptors (Lipinski definition) is 7. The summed E-state index contributed by atoms with van der Waals surface area (Å²) in [4.78, 5) is 35.8. The zero-order valence-corrected chi connectivity index (χ0v) is 29.1. The monoisotopic (exact) mass is 644 g/mol. The molecule has 0 radical (unpaired) electrons. The molecule has 1 aromatic carbocycles. The third kappa shape index (κ3) is 7.03. The highest BCUT2D eigenvalue weighted by Gasteiger charge is 2.35. The lowest BCUT2D eigenvalue weighted by Crippen LogP contribution is -2.46. The molecule has 2 amide bonds. The van der Waals surface area contributed by atoms with Gasteiger partial charge in [-0.1, -0.05) is 45.6 Å². The van der Waals surface area contributed by atoms with E-state index in [0.717, 1.165) is 60.2 Å². The van der Waals surface area contributed by atoms with E-state index in [1.807, 2.05) is 0 Å². The summed E-state index contributed by atoms with van der Waals surface area (Å²) in [5, 5.41) is 14.2. The van der Waals surface area contributed by atoms with Crippen LogP contribution in [0.5, 0.6) is 0 Å². The van der Waals surface area contributed by atoms with E-state index >= 15 is 0 Å². The zero-order chi connectivity index (χ0) is 32.6. The predicted octanol–water partition coefficient (Wildman–Crippen LogP) is 5.54. The van der Waals surface area contributed by atoms with Gasteiger partial charge in [0, 0.05) is 50.9 Å². The van der Waals surface area contributed by atoms with Crippen LogP contribution in [0.3, 0.4) is 0 Å². The van der Waals surface area contributed by atoms with Gasteiger partial charge in [-0.3, -0.25) is 19.3 Å². The Kier molecular flexibility index (Phi) is 9.31. The van der Waals surface area contributed by atoms with Crippen molar-refractivity contribution in [2.24, 2.45) is 11.8 Å². The topological polar surface area (TPSA) is 110 Å². The Bertz CT molecular complexity index is 1710. The van der Waals surface area contributed by atoms with Crippen LogP contribution >= 0.6 is 0 Å². The number of carbonyl (C=O) groups is 2. The number of pyridine rings is 1. The number of nitrogens with one attached hydrogen (secondary N) is 1. The van der Waals surface area contributed by atoms with Crippen molar-refractivity contribution in [1.82, 2.24) is 34.3 Å². The number of ether oxygens (including phenoxy) is 1. The van der Waals surface area contributed by atoms with Gasteiger partial charge in [0.25, 0.3) is 0 Å². The van der Waals surface area contributed by atoms with Crippen molar-refractivity contribution in [3.63, 3.8) is 0 Å². The van der Waals surface area contributed by atoms with Gasteiger partial charge in [0.15, 0.2) is 0 Å². The van der Waals surface area contributed by atoms with Gasteiger partial charge in [0.05, 0.1) is 41.2 Å². The molecule has 2 fully saturated rings. The number of nitrogens with zero attached hydrogens (tertiary/aromatic N) is 7. The Hall–Kier alpha value is -3.61. The van der Waals surface area contributed by atoms with E-state index < -0.39 is 19.9 Å². The number of aromatic nitrogens is 5. The molecule has 0 unspecified atom stereocenters. The molecule has 2 aliphatic rings. The lowest BCUT2D eigenvalue weighted by atomic mass is 9.89. The number of anilines is 1. The fourth-order valence-corrected chi connectivity index (χ4v) is 7.71. The second kappa shape index (κ2) is 13.2. The minimum absolute atomic E-state index is 0.203. The average molecular weight is 645 g/mol. The van der Waals surface area contributed by atoms with Gasteiger partial charge in [0.1, 0.15) is 6.73 Å². The minimum Gasteiger partial charge on any atom is -0.360 e. The molecule has 2 aliphatic heterocycles. The molecule has 5 heterocycles. The molecule has 6 rings (SSSR count). The summed E-state index contributed by atoms with van der Waals surface area (Å²) < 4.78 is 9.79. The summed E-state index contributed by atoms with van der Waals surface area (Å²) in [6, 6.07) is 7.52. The molecule has 0 bridgehead atoms. The lowest BCUT2D eigenvalue weighted by Gasteiger charge is -2.38. The quantitative estimate of drug-likeness (QED) is 0.152. The Balaban J connectivity index is 1.19. The maximum Gasteiger partial charge on any atom is 0.314 e. The molecular formula is C34H48N8O3Si. The van der Waals surface area contributed by atoms with E-state index in [2.05, 4.69) is 89.9 Å². The molecule has 46 heavy (non-hydrogen) atoms. The summed E-state index contributed by atoms with van der Waals surface area (Å²) in [6.45, 7) is 14.9. The van der Waals surface area contributed by atoms with E-state index in [4.69, 9.17) is 9.84 Å². The highest BCUT2D eigenvalue weighted by atomic mass is 28.3. The second-order valence-electron chi connectivity index (χ2n) is 14.7. The number of carbonyl (C=O) groups excluding carboxylic acids is 2. The number of benzene rings is 1. The first-order valence-corrected chi connectivity index (χ1v) is 20.3. The van der Waals surface area contributed by atoms with Gasteiger partial charge in [0.2, 0.25) is 0 Å². The standard InChI is InChI=1S/C34H48N8O3Si/c1-23-7-10-31(25-8-9-26-21-41(38-28(26)15-25)30-11-12-39(3)20-24(30)2)40(19-23)34(44)33(43)37-29-18-35-16-27-17-36-42(32(27)29)22-45-13-14-46(4,5)6/h8-9,15-18,21,23-24,30-31H,7,10-14,19-20,22H2,1-6H3,(H,37,43)/t23-,24+,30-,31+/m0/s1. The van der Waals surface area contributed by atoms with Crippen LogP contribution in [0.2, 0.25) is 25.7 Å². The smallest absolute Gasteiger partial charge is 0.314 e. The fraction of sp³-hybridized carbons (Fsp3) is 0.559. The maximum absolute atomic E-state index is 13.9. The number of amides is 2. The van der Waals surface area contributed by atoms with Crippen LogP contribution in [0.25, 0.3) is 21.8 Å². The third-order valence-corrected chi connectivity index (χ3v) is 11.3. The van der Waals surface area contributed by atoms with Crippen molar-refractivity contribution in [2.75, 3.05) is 38.6 Å². The van der Waals surface area contributed by atoms with Crippen molar-refractivity contribution in [3.05, 3.63) is 48.5 Å². The Morgan fingerprint density at radius 2 is 1.87 bits per heavy atom. The molecule has 0 aliphatic carbocycles. The molecule has 11 nitrogen and oxygen atoms in total. The summed E-state index contributed by atoms with van der Waals surface area (Å²) in [7, 11) is 0.951. The minimum atomic E-state index is -1.22. The molecule has 0 spiro atoms. The van der Waals surface area contributed by atoms with E-state index in [1.54, 1.807) is 28.2 Å². The van der Waals surface area contributed by atoms with Crippen LogP contribution < -0.4 is 5.32 Å². The van der Waals surface area contributed by atoms with Crippen molar-refractivity contribution in [1.29, 1.82) is 0 Å². The molecule has 12 heteroatoms. The summed E-state index contributed by atoms with van der Waals surface area (Å²) in [5.74, 6) is -0.415. The molecule has 4 atom stereocenters. The van der Waals surface area contributed by atoms with Crippen molar-refractivity contribution in [3.8, 4) is 0 Å². The van der Waals surface area contributed by atoms with Crippen LogP contribution in [0.4, 0.5) is 5.69 Å².